The van der Waals surface area contributed by atoms with Gasteiger partial charge in [0.2, 0.25) is 0 Å². The highest BCUT2D eigenvalue weighted by Gasteiger charge is 2.40. The van der Waals surface area contributed by atoms with Gasteiger partial charge < -0.3 is 14.4 Å². The van der Waals surface area contributed by atoms with Crippen molar-refractivity contribution in [2.45, 2.75) is 38.2 Å². The maximum Gasteiger partial charge on any atom is 0.335 e. The third kappa shape index (κ3) is 6.97. The van der Waals surface area contributed by atoms with Gasteiger partial charge >= 0.3 is 6.03 Å². The lowest BCUT2D eigenvalue weighted by molar-refractivity contribution is -0.384. The normalized spacial score (nSPS) is 18.4. The number of rotatable bonds is 10. The Bertz CT molecular complexity index is 2310. The minimum atomic E-state index is -0.835. The summed E-state index contributed by atoms with van der Waals surface area (Å²) in [6, 6.07) is 32.6. The first-order chi connectivity index (χ1) is 27.2. The molecule has 3 heterocycles. The number of barbiturate groups is 1. The molecule has 5 aromatic carbocycles. The van der Waals surface area contributed by atoms with E-state index in [1.807, 2.05) is 48.5 Å². The number of urea groups is 1. The number of imide groups is 2. The molecule has 0 aromatic heterocycles. The Morgan fingerprint density at radius 2 is 1.45 bits per heavy atom. The Balaban J connectivity index is 1.17. The lowest BCUT2D eigenvalue weighted by atomic mass is 9.76. The molecular formula is C44H37ClN4O7. The van der Waals surface area contributed by atoms with Crippen LogP contribution in [0.15, 0.2) is 115 Å². The number of benzene rings is 5. The van der Waals surface area contributed by atoms with Gasteiger partial charge in [0.05, 0.1) is 22.2 Å². The summed E-state index contributed by atoms with van der Waals surface area (Å²) in [5.74, 6) is -1.04. The van der Waals surface area contributed by atoms with Crippen molar-refractivity contribution in [3.63, 3.8) is 0 Å². The Hall–Kier alpha value is -6.46. The zero-order valence-corrected chi connectivity index (χ0v) is 31.2. The number of nitrogens with one attached hydrogen (secondary N) is 1. The van der Waals surface area contributed by atoms with E-state index in [0.29, 0.717) is 16.8 Å². The molecular weight excluding hydrogens is 732 g/mol. The predicted molar refractivity (Wildman–Crippen MR) is 214 cm³/mol. The molecule has 0 spiro atoms. The van der Waals surface area contributed by atoms with E-state index in [2.05, 4.69) is 34.5 Å². The van der Waals surface area contributed by atoms with Crippen molar-refractivity contribution in [2.75, 3.05) is 29.5 Å². The van der Waals surface area contributed by atoms with Crippen molar-refractivity contribution >= 4 is 52.6 Å². The van der Waals surface area contributed by atoms with Crippen molar-refractivity contribution in [1.29, 1.82) is 0 Å². The molecule has 1 N–H and O–H groups in total. The van der Waals surface area contributed by atoms with Crippen LogP contribution in [-0.2, 0) is 16.2 Å². The Morgan fingerprint density at radius 3 is 2.02 bits per heavy atom. The number of hydrogen-bond donors (Lipinski definition) is 1. The average molecular weight is 769 g/mol. The highest BCUT2D eigenvalue weighted by molar-refractivity contribution is 6.39. The van der Waals surface area contributed by atoms with Gasteiger partial charge in [-0.3, -0.25) is 25.0 Å². The average Bonchev–Trinajstić information content (AvgIpc) is 3.20. The van der Waals surface area contributed by atoms with Crippen LogP contribution < -0.4 is 24.6 Å². The number of nitro groups is 1. The number of nitro benzene ring substituents is 1. The van der Waals surface area contributed by atoms with Crippen LogP contribution in [0.5, 0.6) is 11.5 Å². The van der Waals surface area contributed by atoms with Crippen molar-refractivity contribution in [1.82, 2.24) is 5.32 Å². The van der Waals surface area contributed by atoms with Gasteiger partial charge in [0.1, 0.15) is 12.2 Å². The Labute approximate surface area is 328 Å². The van der Waals surface area contributed by atoms with Crippen molar-refractivity contribution in [2.24, 2.45) is 0 Å². The number of carbonyl (C=O) groups is 3. The van der Waals surface area contributed by atoms with Gasteiger partial charge in [0.15, 0.2) is 11.5 Å². The summed E-state index contributed by atoms with van der Waals surface area (Å²) in [7, 11) is 0. The molecule has 3 aliphatic heterocycles. The van der Waals surface area contributed by atoms with E-state index < -0.39 is 22.8 Å². The van der Waals surface area contributed by atoms with E-state index >= 15 is 0 Å². The second-order valence-corrected chi connectivity index (χ2v) is 14.3. The fourth-order valence-electron chi connectivity index (χ4n) is 7.97. The third-order valence-corrected chi connectivity index (χ3v) is 10.8. The zero-order chi connectivity index (χ0) is 38.9. The van der Waals surface area contributed by atoms with Crippen LogP contribution in [0, 0.1) is 10.1 Å². The number of halogens is 1. The molecule has 1 saturated heterocycles. The van der Waals surface area contributed by atoms with E-state index in [1.165, 1.54) is 24.3 Å². The SMILES string of the molecule is CCOc1cc(/C=C2\C(=O)NC(=O)N(c3cc4c5c(c3)[C@@H](c3ccccc3)CCN5CC[C@@H]4c3ccccc3)C2=O)cc(Cl)c1OCc1ccc([N+](=O)[O-])cc1. The molecule has 56 heavy (non-hydrogen) atoms. The minimum Gasteiger partial charge on any atom is -0.490 e. The highest BCUT2D eigenvalue weighted by Crippen LogP contribution is 2.50. The van der Waals surface area contributed by atoms with Crippen LogP contribution in [0.1, 0.15) is 65.0 Å². The lowest BCUT2D eigenvalue weighted by Crippen LogP contribution is -2.54. The topological polar surface area (TPSA) is 131 Å². The molecule has 3 aliphatic rings. The number of anilines is 2. The molecule has 8 rings (SSSR count). The maximum atomic E-state index is 14.4. The number of ether oxygens (including phenoxy) is 2. The summed E-state index contributed by atoms with van der Waals surface area (Å²) >= 11 is 6.71. The van der Waals surface area contributed by atoms with Gasteiger partial charge in [-0.1, -0.05) is 72.3 Å². The van der Waals surface area contributed by atoms with Crippen LogP contribution in [0.3, 0.4) is 0 Å². The van der Waals surface area contributed by atoms with Gasteiger partial charge in [-0.05, 0) is 95.6 Å². The van der Waals surface area contributed by atoms with E-state index in [4.69, 9.17) is 21.1 Å². The standard InChI is InChI=1S/C44H37ClN4O7/c1-2-55-39-23-28(22-38(45)41(39)56-26-27-13-15-31(16-14-27)49(53)54)21-37-42(50)46-44(52)48(43(37)51)32-24-35-33(29-9-5-3-6-10-29)17-19-47-20-18-34(36(25-32)40(35)47)30-11-7-4-8-12-30/h3-16,21-25,33-34H,2,17-20,26H2,1H3,(H,46,50,52)/b37-21+/t33-,34-/m1/s1. The summed E-state index contributed by atoms with van der Waals surface area (Å²) in [6.45, 7) is 3.87. The van der Waals surface area contributed by atoms with E-state index in [0.717, 1.165) is 58.8 Å². The molecule has 2 atom stereocenters. The summed E-state index contributed by atoms with van der Waals surface area (Å²) in [4.78, 5) is 55.5. The number of nitrogens with zero attached hydrogens (tertiary/aromatic N) is 3. The van der Waals surface area contributed by atoms with Crippen molar-refractivity contribution < 1.29 is 28.8 Å². The second kappa shape index (κ2) is 15.3. The molecule has 5 aromatic rings. The lowest BCUT2D eigenvalue weighted by Gasteiger charge is -2.44. The molecule has 1 fully saturated rings. The zero-order valence-electron chi connectivity index (χ0n) is 30.4. The summed E-state index contributed by atoms with van der Waals surface area (Å²) < 4.78 is 11.8. The Morgan fingerprint density at radius 1 is 0.839 bits per heavy atom. The van der Waals surface area contributed by atoms with Crippen LogP contribution in [0.25, 0.3) is 6.08 Å². The van der Waals surface area contributed by atoms with E-state index in [-0.39, 0.29) is 52.8 Å². The molecule has 0 unspecified atom stereocenters. The number of amides is 4. The largest absolute Gasteiger partial charge is 0.490 e. The molecule has 4 amide bonds. The van der Waals surface area contributed by atoms with Crippen LogP contribution in [0.4, 0.5) is 21.9 Å². The first-order valence-electron chi connectivity index (χ1n) is 18.5. The van der Waals surface area contributed by atoms with E-state index in [1.54, 1.807) is 25.1 Å². The highest BCUT2D eigenvalue weighted by atomic mass is 35.5. The number of hydrogen-bond acceptors (Lipinski definition) is 8. The van der Waals surface area contributed by atoms with Crippen LogP contribution in [0.2, 0.25) is 5.02 Å². The third-order valence-electron chi connectivity index (χ3n) is 10.5. The number of carbonyl (C=O) groups excluding carboxylic acids is 3. The molecule has 12 heteroatoms. The first-order valence-corrected chi connectivity index (χ1v) is 18.8. The van der Waals surface area contributed by atoms with Crippen molar-refractivity contribution in [3.05, 3.63) is 163 Å². The smallest absolute Gasteiger partial charge is 0.335 e. The van der Waals surface area contributed by atoms with Crippen molar-refractivity contribution in [3.8, 4) is 11.5 Å². The van der Waals surface area contributed by atoms with Gasteiger partial charge in [0, 0.05) is 42.7 Å². The summed E-state index contributed by atoms with van der Waals surface area (Å²) in [5, 5.41) is 13.6. The number of non-ortho nitro benzene ring substituents is 1. The molecule has 0 saturated carbocycles. The second-order valence-electron chi connectivity index (χ2n) is 13.9. The van der Waals surface area contributed by atoms with Gasteiger partial charge in [-0.15, -0.1) is 0 Å². The molecule has 0 aliphatic carbocycles. The maximum absolute atomic E-state index is 14.4. The fourth-order valence-corrected chi connectivity index (χ4v) is 8.24. The van der Waals surface area contributed by atoms with E-state index in [9.17, 15) is 24.5 Å². The minimum absolute atomic E-state index is 0.0375. The quantitative estimate of drug-likeness (QED) is 0.0646. The predicted octanol–water partition coefficient (Wildman–Crippen LogP) is 8.77. The van der Waals surface area contributed by atoms with Gasteiger partial charge in [0.25, 0.3) is 17.5 Å². The molecule has 282 valence electrons. The van der Waals surface area contributed by atoms with Gasteiger partial charge in [-0.2, -0.15) is 0 Å². The van der Waals surface area contributed by atoms with Crippen LogP contribution >= 0.6 is 11.6 Å². The summed E-state index contributed by atoms with van der Waals surface area (Å²) in [6.07, 6.45) is 3.13. The fraction of sp³-hybridized carbons (Fsp3) is 0.205. The molecule has 11 nitrogen and oxygen atoms in total. The van der Waals surface area contributed by atoms with Gasteiger partial charge in [-0.25, -0.2) is 9.69 Å². The summed E-state index contributed by atoms with van der Waals surface area (Å²) in [5.41, 5.74) is 6.65. The molecule has 0 bridgehead atoms. The first kappa shape index (κ1) is 36.5. The monoisotopic (exact) mass is 768 g/mol. The Kier molecular flexibility index (Phi) is 10.0. The van der Waals surface area contributed by atoms with Crippen LogP contribution in [-0.4, -0.2) is 42.5 Å². The molecule has 0 radical (unpaired) electrons.